The summed E-state index contributed by atoms with van der Waals surface area (Å²) in [5, 5.41) is 9.75. The predicted octanol–water partition coefficient (Wildman–Crippen LogP) is 3.29. The summed E-state index contributed by atoms with van der Waals surface area (Å²) in [5.74, 6) is 0.197. The Hall–Kier alpha value is -3.46. The van der Waals surface area contributed by atoms with E-state index in [4.69, 9.17) is 10.5 Å². The first-order valence-electron chi connectivity index (χ1n) is 11.9. The van der Waals surface area contributed by atoms with Crippen molar-refractivity contribution in [1.82, 2.24) is 10.6 Å². The molecule has 1 saturated carbocycles. The van der Waals surface area contributed by atoms with Crippen molar-refractivity contribution < 1.29 is 13.9 Å². The monoisotopic (exact) mass is 480 g/mol. The van der Waals surface area contributed by atoms with Crippen molar-refractivity contribution in [2.24, 2.45) is 21.1 Å². The average molecular weight is 481 g/mol. The molecule has 1 aliphatic heterocycles. The Morgan fingerprint density at radius 2 is 1.91 bits per heavy atom. The van der Waals surface area contributed by atoms with Crippen molar-refractivity contribution in [3.05, 3.63) is 59.4 Å². The smallest absolute Gasteiger partial charge is 0.251 e. The molecule has 1 heterocycles. The van der Waals surface area contributed by atoms with Crippen LogP contribution in [0.5, 0.6) is 5.75 Å². The number of halogens is 1. The summed E-state index contributed by atoms with van der Waals surface area (Å²) in [6, 6.07) is 11.4. The lowest BCUT2D eigenvalue weighted by Crippen LogP contribution is -2.41. The number of nitrogens with two attached hydrogens (primary N) is 1. The fourth-order valence-electron chi connectivity index (χ4n) is 4.88. The van der Waals surface area contributed by atoms with Crippen LogP contribution in [0.15, 0.2) is 52.4 Å². The molecule has 2 fully saturated rings. The van der Waals surface area contributed by atoms with E-state index in [1.165, 1.54) is 44.6 Å². The van der Waals surface area contributed by atoms with Crippen LogP contribution >= 0.6 is 0 Å². The van der Waals surface area contributed by atoms with Gasteiger partial charge in [0.15, 0.2) is 0 Å². The van der Waals surface area contributed by atoms with E-state index in [-0.39, 0.29) is 29.5 Å². The fraction of sp³-hybridized carbons (Fsp3) is 0.423. The molecule has 2 aromatic carbocycles. The third-order valence-electron chi connectivity index (χ3n) is 6.99. The van der Waals surface area contributed by atoms with Crippen LogP contribution in [0.2, 0.25) is 0 Å². The minimum atomic E-state index is -0.427. The van der Waals surface area contributed by atoms with Crippen LogP contribution < -0.4 is 26.4 Å². The van der Waals surface area contributed by atoms with Gasteiger partial charge in [0.25, 0.3) is 5.91 Å². The molecule has 186 valence electrons. The van der Waals surface area contributed by atoms with Crippen LogP contribution in [0.25, 0.3) is 0 Å². The van der Waals surface area contributed by atoms with E-state index in [9.17, 15) is 9.18 Å². The Morgan fingerprint density at radius 1 is 1.17 bits per heavy atom. The minimum Gasteiger partial charge on any atom is -0.496 e. The number of methoxy groups -OCH3 is 1. The van der Waals surface area contributed by atoms with Gasteiger partial charge in [0, 0.05) is 37.0 Å². The minimum absolute atomic E-state index is 0.0582. The second-order valence-corrected chi connectivity index (χ2v) is 9.27. The highest BCUT2D eigenvalue weighted by Gasteiger charge is 2.37. The zero-order valence-corrected chi connectivity index (χ0v) is 20.2. The van der Waals surface area contributed by atoms with Crippen LogP contribution in [-0.2, 0) is 0 Å². The van der Waals surface area contributed by atoms with E-state index in [1.807, 2.05) is 0 Å². The number of aliphatic imine (C=N–C) groups is 2. The summed E-state index contributed by atoms with van der Waals surface area (Å²) in [7, 11) is 3.02. The molecule has 8 nitrogen and oxygen atoms in total. The van der Waals surface area contributed by atoms with E-state index in [0.29, 0.717) is 22.2 Å². The largest absolute Gasteiger partial charge is 0.496 e. The number of anilines is 1. The number of nitrogens with one attached hydrogen (secondary N) is 3. The SMILES string of the molecule is CN=C(N=C(N)c1ccc(F)cc1OC)Nc1ccc(C(=O)NC2CCC3(CCNC3)CC2)cc1. The molecule has 0 radical (unpaired) electrons. The second kappa shape index (κ2) is 10.9. The molecule has 0 aromatic heterocycles. The highest BCUT2D eigenvalue weighted by molar-refractivity contribution is 6.09. The first-order chi connectivity index (χ1) is 16.9. The third-order valence-corrected chi connectivity index (χ3v) is 6.99. The number of carbonyl (C=O) groups is 1. The number of amides is 1. The topological polar surface area (TPSA) is 113 Å². The van der Waals surface area contributed by atoms with E-state index >= 15 is 0 Å². The maximum absolute atomic E-state index is 13.5. The van der Waals surface area contributed by atoms with Crippen molar-refractivity contribution in [2.45, 2.75) is 38.1 Å². The Morgan fingerprint density at radius 3 is 2.54 bits per heavy atom. The number of amidine groups is 1. The number of guanidine groups is 1. The maximum atomic E-state index is 13.5. The van der Waals surface area contributed by atoms with Crippen LogP contribution in [0.4, 0.5) is 10.1 Å². The van der Waals surface area contributed by atoms with Crippen LogP contribution in [0, 0.1) is 11.2 Å². The molecule has 1 saturated heterocycles. The molecule has 0 unspecified atom stereocenters. The van der Waals surface area contributed by atoms with Gasteiger partial charge in [-0.25, -0.2) is 4.39 Å². The lowest BCUT2D eigenvalue weighted by Gasteiger charge is -2.36. The summed E-state index contributed by atoms with van der Waals surface area (Å²) < 4.78 is 18.7. The standard InChI is InChI=1S/C26H33FN6O2/c1-29-25(33-23(28)21-8-5-18(27)15-22(21)35-2)32-19-6-3-17(4-7-19)24(34)31-20-9-11-26(12-10-20)13-14-30-16-26/h3-8,15,20,30H,9-14,16H2,1-2H3,(H,31,34)(H3,28,29,32,33). The molecule has 0 atom stereocenters. The molecular formula is C26H33FN6O2. The maximum Gasteiger partial charge on any atom is 0.251 e. The highest BCUT2D eigenvalue weighted by Crippen LogP contribution is 2.41. The van der Waals surface area contributed by atoms with Crippen molar-refractivity contribution in [3.8, 4) is 5.75 Å². The van der Waals surface area contributed by atoms with Crippen molar-refractivity contribution in [2.75, 3.05) is 32.6 Å². The Labute approximate surface area is 205 Å². The van der Waals surface area contributed by atoms with Gasteiger partial charge in [0.05, 0.1) is 12.7 Å². The number of rotatable bonds is 5. The number of hydrogen-bond donors (Lipinski definition) is 4. The lowest BCUT2D eigenvalue weighted by molar-refractivity contribution is 0.0904. The molecule has 1 aliphatic carbocycles. The third kappa shape index (κ3) is 5.97. The quantitative estimate of drug-likeness (QED) is 0.388. The zero-order valence-electron chi connectivity index (χ0n) is 20.2. The number of benzene rings is 2. The van der Waals surface area contributed by atoms with Crippen LogP contribution in [0.3, 0.4) is 0 Å². The van der Waals surface area contributed by atoms with Gasteiger partial charge in [0.1, 0.15) is 17.4 Å². The first kappa shape index (κ1) is 24.7. The summed E-state index contributed by atoms with van der Waals surface area (Å²) in [6.45, 7) is 2.22. The van der Waals surface area contributed by atoms with E-state index in [2.05, 4.69) is 25.9 Å². The highest BCUT2D eigenvalue weighted by atomic mass is 19.1. The molecule has 9 heteroatoms. The Kier molecular flexibility index (Phi) is 7.65. The molecular weight excluding hydrogens is 447 g/mol. The number of hydrogen-bond acceptors (Lipinski definition) is 4. The Bertz CT molecular complexity index is 1100. The molecule has 4 rings (SSSR count). The summed E-state index contributed by atoms with van der Waals surface area (Å²) in [4.78, 5) is 21.2. The number of ether oxygens (including phenoxy) is 1. The van der Waals surface area contributed by atoms with Crippen molar-refractivity contribution in [1.29, 1.82) is 0 Å². The molecule has 0 bridgehead atoms. The van der Waals surface area contributed by atoms with Gasteiger partial charge >= 0.3 is 0 Å². The van der Waals surface area contributed by atoms with Gasteiger partial charge in [0.2, 0.25) is 5.96 Å². The fourth-order valence-corrected chi connectivity index (χ4v) is 4.88. The molecule has 2 aromatic rings. The molecule has 2 aliphatic rings. The first-order valence-corrected chi connectivity index (χ1v) is 11.9. The predicted molar refractivity (Wildman–Crippen MR) is 137 cm³/mol. The second-order valence-electron chi connectivity index (χ2n) is 9.27. The lowest BCUT2D eigenvalue weighted by atomic mass is 9.72. The van der Waals surface area contributed by atoms with E-state index < -0.39 is 5.82 Å². The van der Waals surface area contributed by atoms with E-state index in [1.54, 1.807) is 31.3 Å². The van der Waals surface area contributed by atoms with Crippen molar-refractivity contribution >= 4 is 23.4 Å². The average Bonchev–Trinajstić information content (AvgIpc) is 3.33. The van der Waals surface area contributed by atoms with Crippen LogP contribution in [0.1, 0.15) is 48.0 Å². The molecule has 5 N–H and O–H groups in total. The normalized spacial score (nSPS) is 22.8. The van der Waals surface area contributed by atoms with E-state index in [0.717, 1.165) is 25.9 Å². The van der Waals surface area contributed by atoms with Crippen molar-refractivity contribution in [3.63, 3.8) is 0 Å². The van der Waals surface area contributed by atoms with Gasteiger partial charge in [-0.3, -0.25) is 9.79 Å². The van der Waals surface area contributed by atoms with Gasteiger partial charge in [-0.1, -0.05) is 0 Å². The molecule has 35 heavy (non-hydrogen) atoms. The summed E-state index contributed by atoms with van der Waals surface area (Å²) >= 11 is 0. The molecule has 1 amide bonds. The van der Waals surface area contributed by atoms with Gasteiger partial charge in [-0.05, 0) is 80.5 Å². The van der Waals surface area contributed by atoms with Gasteiger partial charge in [-0.2, -0.15) is 4.99 Å². The Balaban J connectivity index is 1.35. The number of carbonyl (C=O) groups excluding carboxylic acids is 1. The summed E-state index contributed by atoms with van der Waals surface area (Å²) in [5.41, 5.74) is 8.33. The van der Waals surface area contributed by atoms with Gasteiger partial charge < -0.3 is 26.4 Å². The van der Waals surface area contributed by atoms with Crippen LogP contribution in [-0.4, -0.2) is 51.0 Å². The summed E-state index contributed by atoms with van der Waals surface area (Å²) in [6.07, 6.45) is 5.64. The molecule has 1 spiro atoms. The van der Waals surface area contributed by atoms with Gasteiger partial charge in [-0.15, -0.1) is 0 Å². The number of nitrogens with zero attached hydrogens (tertiary/aromatic N) is 2. The zero-order chi connectivity index (χ0) is 24.8.